The minimum atomic E-state index is 1.21. The van der Waals surface area contributed by atoms with Crippen molar-refractivity contribution in [3.05, 3.63) is 66.8 Å². The van der Waals surface area contributed by atoms with Crippen molar-refractivity contribution in [2.75, 3.05) is 0 Å². The van der Waals surface area contributed by atoms with Crippen LogP contribution in [0.25, 0.3) is 6.08 Å². The number of hydrogen-bond donors (Lipinski definition) is 0. The normalized spacial score (nSPS) is 11.0. The Hall–Kier alpha value is -1.56. The first-order valence-corrected chi connectivity index (χ1v) is 3.94. The molecule has 0 aliphatic heterocycles. The van der Waals surface area contributed by atoms with E-state index < -0.39 is 0 Å². The Labute approximate surface area is 73.6 Å². The summed E-state index contributed by atoms with van der Waals surface area (Å²) >= 11 is 0. The molecule has 0 saturated carbocycles. The molecular formula is C12H12. The van der Waals surface area contributed by atoms with Gasteiger partial charge in [0.05, 0.1) is 0 Å². The molecule has 0 atom stereocenters. The minimum absolute atomic E-state index is 1.21. The van der Waals surface area contributed by atoms with Gasteiger partial charge in [-0.2, -0.15) is 0 Å². The van der Waals surface area contributed by atoms with E-state index in [1.165, 1.54) is 5.56 Å². The summed E-state index contributed by atoms with van der Waals surface area (Å²) in [7, 11) is 0. The first-order valence-electron chi connectivity index (χ1n) is 3.94. The Morgan fingerprint density at radius 3 is 2.33 bits per heavy atom. The molecule has 0 amide bonds. The number of allylic oxidation sites excluding steroid dienone is 4. The van der Waals surface area contributed by atoms with Crippen LogP contribution in [0, 0.1) is 0 Å². The monoisotopic (exact) mass is 156 g/mol. The Balaban J connectivity index is 2.58. The summed E-state index contributed by atoms with van der Waals surface area (Å²) < 4.78 is 0. The Kier molecular flexibility index (Phi) is 3.65. The Bertz CT molecular complexity index is 278. The fourth-order valence-electron chi connectivity index (χ4n) is 0.874. The van der Waals surface area contributed by atoms with Crippen LogP contribution in [-0.2, 0) is 0 Å². The van der Waals surface area contributed by atoms with Crippen molar-refractivity contribution in [1.82, 2.24) is 0 Å². The van der Waals surface area contributed by atoms with E-state index in [1.807, 2.05) is 36.4 Å². The van der Waals surface area contributed by atoms with Crippen LogP contribution in [-0.4, -0.2) is 0 Å². The maximum absolute atomic E-state index is 3.58. The largest absolute Gasteiger partial charge is 0.0991 e. The van der Waals surface area contributed by atoms with Gasteiger partial charge in [0.25, 0.3) is 0 Å². The third kappa shape index (κ3) is 3.02. The molecule has 0 fully saturated rings. The molecule has 0 bridgehead atoms. The lowest BCUT2D eigenvalue weighted by Crippen LogP contribution is -1.66. The van der Waals surface area contributed by atoms with Crippen LogP contribution in [0.1, 0.15) is 5.56 Å². The smallest absolute Gasteiger partial charge is 0.0257 e. The molecule has 0 saturated heterocycles. The van der Waals surface area contributed by atoms with Gasteiger partial charge in [0, 0.05) is 0 Å². The molecule has 0 heteroatoms. The molecule has 0 spiro atoms. The molecule has 60 valence electrons. The molecule has 0 unspecified atom stereocenters. The van der Waals surface area contributed by atoms with E-state index >= 15 is 0 Å². The van der Waals surface area contributed by atoms with Crippen LogP contribution >= 0.6 is 0 Å². The molecule has 0 heterocycles. The average Bonchev–Trinajstić information content (AvgIpc) is 2.14. The lowest BCUT2D eigenvalue weighted by atomic mass is 10.2. The molecule has 0 aliphatic rings. The van der Waals surface area contributed by atoms with Crippen LogP contribution in [0.5, 0.6) is 0 Å². The fraction of sp³-hybridized carbons (Fsp3) is 0. The molecule has 1 aromatic rings. The van der Waals surface area contributed by atoms with Gasteiger partial charge in [-0.1, -0.05) is 67.3 Å². The SMILES string of the molecule is C=CC=C/C=C\c1ccccc1. The predicted molar refractivity (Wildman–Crippen MR) is 54.8 cm³/mol. The third-order valence-electron chi connectivity index (χ3n) is 1.45. The number of benzene rings is 1. The average molecular weight is 156 g/mol. The highest BCUT2D eigenvalue weighted by molar-refractivity contribution is 5.50. The maximum Gasteiger partial charge on any atom is -0.0257 e. The van der Waals surface area contributed by atoms with Crippen LogP contribution < -0.4 is 0 Å². The van der Waals surface area contributed by atoms with Gasteiger partial charge in [-0.15, -0.1) is 0 Å². The van der Waals surface area contributed by atoms with Gasteiger partial charge in [-0.25, -0.2) is 0 Å². The topological polar surface area (TPSA) is 0 Å². The zero-order chi connectivity index (χ0) is 8.65. The van der Waals surface area contributed by atoms with Gasteiger partial charge in [0.2, 0.25) is 0 Å². The predicted octanol–water partition coefficient (Wildman–Crippen LogP) is 3.44. The lowest BCUT2D eigenvalue weighted by molar-refractivity contribution is 1.66. The van der Waals surface area contributed by atoms with Crippen molar-refractivity contribution in [3.8, 4) is 0 Å². The van der Waals surface area contributed by atoms with E-state index in [1.54, 1.807) is 6.08 Å². The molecule has 0 nitrogen and oxygen atoms in total. The molecule has 1 aromatic carbocycles. The summed E-state index contributed by atoms with van der Waals surface area (Å²) in [6, 6.07) is 10.2. The van der Waals surface area contributed by atoms with Gasteiger partial charge in [0.1, 0.15) is 0 Å². The highest BCUT2D eigenvalue weighted by atomic mass is 13.8. The Morgan fingerprint density at radius 2 is 1.67 bits per heavy atom. The molecular weight excluding hydrogens is 144 g/mol. The molecule has 0 radical (unpaired) electrons. The summed E-state index contributed by atoms with van der Waals surface area (Å²) in [5.74, 6) is 0. The van der Waals surface area contributed by atoms with Gasteiger partial charge in [-0.05, 0) is 5.56 Å². The van der Waals surface area contributed by atoms with Crippen molar-refractivity contribution in [3.63, 3.8) is 0 Å². The summed E-state index contributed by atoms with van der Waals surface area (Å²) in [5.41, 5.74) is 1.21. The number of hydrogen-bond acceptors (Lipinski definition) is 0. The summed E-state index contributed by atoms with van der Waals surface area (Å²) in [6.45, 7) is 3.58. The minimum Gasteiger partial charge on any atom is -0.0991 e. The van der Waals surface area contributed by atoms with Crippen molar-refractivity contribution in [2.45, 2.75) is 0 Å². The first kappa shape index (κ1) is 8.54. The van der Waals surface area contributed by atoms with E-state index in [4.69, 9.17) is 0 Å². The zero-order valence-electron chi connectivity index (χ0n) is 6.98. The van der Waals surface area contributed by atoms with Crippen LogP contribution in [0.4, 0.5) is 0 Å². The zero-order valence-corrected chi connectivity index (χ0v) is 6.98. The van der Waals surface area contributed by atoms with Gasteiger partial charge in [0.15, 0.2) is 0 Å². The second kappa shape index (κ2) is 5.14. The lowest BCUT2D eigenvalue weighted by Gasteiger charge is -1.87. The highest BCUT2D eigenvalue weighted by Gasteiger charge is 1.78. The second-order valence-electron chi connectivity index (χ2n) is 2.39. The molecule has 12 heavy (non-hydrogen) atoms. The van der Waals surface area contributed by atoms with Crippen molar-refractivity contribution in [2.24, 2.45) is 0 Å². The van der Waals surface area contributed by atoms with E-state index in [0.717, 1.165) is 0 Å². The van der Waals surface area contributed by atoms with E-state index in [0.29, 0.717) is 0 Å². The van der Waals surface area contributed by atoms with Gasteiger partial charge in [-0.3, -0.25) is 0 Å². The molecule has 0 aliphatic carbocycles. The summed E-state index contributed by atoms with van der Waals surface area (Å²) in [6.07, 6.45) is 9.67. The van der Waals surface area contributed by atoms with Crippen LogP contribution in [0.3, 0.4) is 0 Å². The maximum atomic E-state index is 3.58. The van der Waals surface area contributed by atoms with Crippen LogP contribution in [0.15, 0.2) is 61.2 Å². The Morgan fingerprint density at radius 1 is 0.917 bits per heavy atom. The second-order valence-corrected chi connectivity index (χ2v) is 2.39. The highest BCUT2D eigenvalue weighted by Crippen LogP contribution is 2.00. The van der Waals surface area contributed by atoms with Crippen molar-refractivity contribution < 1.29 is 0 Å². The quantitative estimate of drug-likeness (QED) is 0.588. The molecule has 0 N–H and O–H groups in total. The van der Waals surface area contributed by atoms with E-state index in [9.17, 15) is 0 Å². The molecule has 1 rings (SSSR count). The van der Waals surface area contributed by atoms with Gasteiger partial charge < -0.3 is 0 Å². The fourth-order valence-corrected chi connectivity index (χ4v) is 0.874. The van der Waals surface area contributed by atoms with Crippen LogP contribution in [0.2, 0.25) is 0 Å². The van der Waals surface area contributed by atoms with E-state index in [-0.39, 0.29) is 0 Å². The standard InChI is InChI=1S/C12H12/c1-2-3-4-6-9-12-10-7-5-8-11-12/h2-11H,1H2/b4-3?,9-6-. The summed E-state index contributed by atoms with van der Waals surface area (Å²) in [5, 5.41) is 0. The van der Waals surface area contributed by atoms with Gasteiger partial charge >= 0.3 is 0 Å². The first-order chi connectivity index (χ1) is 5.93. The van der Waals surface area contributed by atoms with Crippen molar-refractivity contribution in [1.29, 1.82) is 0 Å². The van der Waals surface area contributed by atoms with Crippen molar-refractivity contribution >= 4 is 6.08 Å². The third-order valence-corrected chi connectivity index (χ3v) is 1.45. The van der Waals surface area contributed by atoms with E-state index in [2.05, 4.69) is 24.8 Å². The number of rotatable bonds is 3. The summed E-state index contributed by atoms with van der Waals surface area (Å²) in [4.78, 5) is 0. The molecule has 0 aromatic heterocycles.